The molecule has 0 bridgehead atoms. The fraction of sp³-hybridized carbons (Fsp3) is 0.263. The van der Waals surface area contributed by atoms with E-state index >= 15 is 0 Å². The number of aryl methyl sites for hydroxylation is 3. The third kappa shape index (κ3) is 3.59. The van der Waals surface area contributed by atoms with Crippen LogP contribution in [0.25, 0.3) is 5.65 Å². The highest BCUT2D eigenvalue weighted by Gasteiger charge is 2.09. The topological polar surface area (TPSA) is 46.4 Å². The number of fused-ring (bicyclic) bond motifs is 1. The molecule has 1 aromatic carbocycles. The number of hydrogen-bond donors (Lipinski definition) is 1. The zero-order valence-electron chi connectivity index (χ0n) is 13.5. The number of nitrogens with zero attached hydrogens (tertiary/aromatic N) is 2. The molecule has 0 saturated heterocycles. The minimum Gasteiger partial charge on any atom is -0.350 e. The number of nitrogens with one attached hydrogen (secondary N) is 1. The fourth-order valence-corrected chi connectivity index (χ4v) is 2.66. The van der Waals surface area contributed by atoms with Crippen LogP contribution in [0.2, 0.25) is 0 Å². The summed E-state index contributed by atoms with van der Waals surface area (Å²) in [5, 5.41) is 3.00. The highest BCUT2D eigenvalue weighted by molar-refractivity contribution is 5.76. The van der Waals surface area contributed by atoms with E-state index < -0.39 is 0 Å². The number of rotatable bonds is 5. The summed E-state index contributed by atoms with van der Waals surface area (Å²) < 4.78 is 2.02. The van der Waals surface area contributed by atoms with Gasteiger partial charge in [0.1, 0.15) is 5.65 Å². The molecule has 4 nitrogen and oxygen atoms in total. The third-order valence-corrected chi connectivity index (χ3v) is 4.04. The average molecular weight is 307 g/mol. The molecule has 3 aromatic rings. The van der Waals surface area contributed by atoms with Crippen molar-refractivity contribution in [3.8, 4) is 0 Å². The SMILES string of the molecule is Cc1ccc(CCC(=O)NCc2c(C)nc3ccccn23)cc1. The highest BCUT2D eigenvalue weighted by Crippen LogP contribution is 2.11. The van der Waals surface area contributed by atoms with E-state index in [0.717, 1.165) is 23.5 Å². The van der Waals surface area contributed by atoms with Gasteiger partial charge in [0.25, 0.3) is 0 Å². The van der Waals surface area contributed by atoms with Gasteiger partial charge >= 0.3 is 0 Å². The Bertz CT molecular complexity index is 818. The average Bonchev–Trinajstić information content (AvgIpc) is 2.87. The van der Waals surface area contributed by atoms with E-state index in [0.29, 0.717) is 13.0 Å². The van der Waals surface area contributed by atoms with Crippen molar-refractivity contribution in [3.05, 3.63) is 71.2 Å². The molecule has 1 amide bonds. The summed E-state index contributed by atoms with van der Waals surface area (Å²) in [6.07, 6.45) is 3.24. The van der Waals surface area contributed by atoms with Gasteiger partial charge in [-0.3, -0.25) is 4.79 Å². The van der Waals surface area contributed by atoms with Crippen molar-refractivity contribution in [2.45, 2.75) is 33.2 Å². The number of benzene rings is 1. The molecule has 0 aliphatic carbocycles. The normalized spacial score (nSPS) is 10.9. The molecule has 118 valence electrons. The molecule has 0 aliphatic rings. The predicted molar refractivity (Wildman–Crippen MR) is 91.3 cm³/mol. The Hall–Kier alpha value is -2.62. The first kappa shape index (κ1) is 15.3. The van der Waals surface area contributed by atoms with Crippen molar-refractivity contribution in [1.29, 1.82) is 0 Å². The van der Waals surface area contributed by atoms with Crippen molar-refractivity contribution in [1.82, 2.24) is 14.7 Å². The molecule has 0 fully saturated rings. The van der Waals surface area contributed by atoms with Gasteiger partial charge in [0.05, 0.1) is 17.9 Å². The van der Waals surface area contributed by atoms with Gasteiger partial charge in [0.2, 0.25) is 5.91 Å². The van der Waals surface area contributed by atoms with Crippen LogP contribution in [0.15, 0.2) is 48.7 Å². The first-order chi connectivity index (χ1) is 11.1. The smallest absolute Gasteiger partial charge is 0.220 e. The van der Waals surface area contributed by atoms with E-state index in [9.17, 15) is 4.79 Å². The maximum atomic E-state index is 12.1. The van der Waals surface area contributed by atoms with Gasteiger partial charge in [-0.25, -0.2) is 4.98 Å². The van der Waals surface area contributed by atoms with E-state index in [1.807, 2.05) is 35.7 Å². The van der Waals surface area contributed by atoms with Crippen molar-refractivity contribution in [2.24, 2.45) is 0 Å². The predicted octanol–water partition coefficient (Wildman–Crippen LogP) is 3.20. The molecule has 0 saturated carbocycles. The van der Waals surface area contributed by atoms with Crippen LogP contribution in [0.4, 0.5) is 0 Å². The van der Waals surface area contributed by atoms with Gasteiger partial charge in [0.15, 0.2) is 0 Å². The third-order valence-electron chi connectivity index (χ3n) is 4.04. The Kier molecular flexibility index (Phi) is 4.42. The second kappa shape index (κ2) is 6.65. The molecule has 1 N–H and O–H groups in total. The van der Waals surface area contributed by atoms with E-state index in [2.05, 4.69) is 41.5 Å². The first-order valence-corrected chi connectivity index (χ1v) is 7.88. The molecule has 0 spiro atoms. The standard InChI is InChI=1S/C19H21N3O/c1-14-6-8-16(9-7-14)10-11-19(23)20-13-17-15(2)21-18-5-3-4-12-22(17)18/h3-9,12H,10-11,13H2,1-2H3,(H,20,23). The monoisotopic (exact) mass is 307 g/mol. The van der Waals surface area contributed by atoms with Crippen LogP contribution in [0.5, 0.6) is 0 Å². The van der Waals surface area contributed by atoms with Crippen LogP contribution in [-0.2, 0) is 17.8 Å². The second-order valence-corrected chi connectivity index (χ2v) is 5.84. The minimum absolute atomic E-state index is 0.0656. The molecule has 2 heterocycles. The molecule has 23 heavy (non-hydrogen) atoms. The summed E-state index contributed by atoms with van der Waals surface area (Å²) in [7, 11) is 0. The summed E-state index contributed by atoms with van der Waals surface area (Å²) in [5.41, 5.74) is 5.33. The van der Waals surface area contributed by atoms with Crippen LogP contribution in [0.3, 0.4) is 0 Å². The molecule has 0 atom stereocenters. The van der Waals surface area contributed by atoms with E-state index in [4.69, 9.17) is 0 Å². The quantitative estimate of drug-likeness (QED) is 0.787. The molecule has 0 unspecified atom stereocenters. The number of carbonyl (C=O) groups excluding carboxylic acids is 1. The summed E-state index contributed by atoms with van der Waals surface area (Å²) in [4.78, 5) is 16.6. The van der Waals surface area contributed by atoms with Crippen molar-refractivity contribution < 1.29 is 4.79 Å². The van der Waals surface area contributed by atoms with Gasteiger partial charge in [-0.2, -0.15) is 0 Å². The number of amides is 1. The Morgan fingerprint density at radius 1 is 1.13 bits per heavy atom. The van der Waals surface area contributed by atoms with Crippen LogP contribution in [0, 0.1) is 13.8 Å². The lowest BCUT2D eigenvalue weighted by Gasteiger charge is -2.07. The van der Waals surface area contributed by atoms with Crippen LogP contribution in [0.1, 0.15) is 28.9 Å². The molecular weight excluding hydrogens is 286 g/mol. The minimum atomic E-state index is 0.0656. The Morgan fingerprint density at radius 2 is 1.91 bits per heavy atom. The van der Waals surface area contributed by atoms with Crippen LogP contribution < -0.4 is 5.32 Å². The largest absolute Gasteiger partial charge is 0.350 e. The van der Waals surface area contributed by atoms with E-state index in [1.165, 1.54) is 11.1 Å². The molecule has 3 rings (SSSR count). The number of hydrogen-bond acceptors (Lipinski definition) is 2. The molecule has 0 radical (unpaired) electrons. The Morgan fingerprint density at radius 3 is 2.70 bits per heavy atom. The number of carbonyl (C=O) groups is 1. The zero-order chi connectivity index (χ0) is 16.2. The zero-order valence-corrected chi connectivity index (χ0v) is 13.5. The highest BCUT2D eigenvalue weighted by atomic mass is 16.1. The lowest BCUT2D eigenvalue weighted by Crippen LogP contribution is -2.24. The van der Waals surface area contributed by atoms with Gasteiger partial charge in [0, 0.05) is 12.6 Å². The van der Waals surface area contributed by atoms with Crippen LogP contribution >= 0.6 is 0 Å². The number of imidazole rings is 1. The summed E-state index contributed by atoms with van der Waals surface area (Å²) in [6.45, 7) is 4.54. The fourth-order valence-electron chi connectivity index (χ4n) is 2.66. The van der Waals surface area contributed by atoms with Gasteiger partial charge < -0.3 is 9.72 Å². The Labute approximate surface area is 136 Å². The second-order valence-electron chi connectivity index (χ2n) is 5.84. The molecule has 4 heteroatoms. The molecule has 0 aliphatic heterocycles. The van der Waals surface area contributed by atoms with Crippen LogP contribution in [-0.4, -0.2) is 15.3 Å². The molecule has 2 aromatic heterocycles. The first-order valence-electron chi connectivity index (χ1n) is 7.88. The van der Waals surface area contributed by atoms with Crippen molar-refractivity contribution in [2.75, 3.05) is 0 Å². The number of aromatic nitrogens is 2. The van der Waals surface area contributed by atoms with E-state index in [-0.39, 0.29) is 5.91 Å². The summed E-state index contributed by atoms with van der Waals surface area (Å²) >= 11 is 0. The van der Waals surface area contributed by atoms with Gasteiger partial charge in [-0.15, -0.1) is 0 Å². The van der Waals surface area contributed by atoms with E-state index in [1.54, 1.807) is 0 Å². The number of pyridine rings is 1. The lowest BCUT2D eigenvalue weighted by atomic mass is 10.1. The lowest BCUT2D eigenvalue weighted by molar-refractivity contribution is -0.121. The maximum Gasteiger partial charge on any atom is 0.220 e. The van der Waals surface area contributed by atoms with Gasteiger partial charge in [-0.05, 0) is 38.0 Å². The Balaban J connectivity index is 1.58. The van der Waals surface area contributed by atoms with Gasteiger partial charge in [-0.1, -0.05) is 35.9 Å². The summed E-state index contributed by atoms with van der Waals surface area (Å²) in [6, 6.07) is 14.2. The maximum absolute atomic E-state index is 12.1. The summed E-state index contributed by atoms with van der Waals surface area (Å²) in [5.74, 6) is 0.0656. The van der Waals surface area contributed by atoms with Crippen molar-refractivity contribution in [3.63, 3.8) is 0 Å². The molecular formula is C19H21N3O. The van der Waals surface area contributed by atoms with Crippen molar-refractivity contribution >= 4 is 11.6 Å².